The van der Waals surface area contributed by atoms with Crippen LogP contribution in [-0.4, -0.2) is 36.2 Å². The Kier molecular flexibility index (Phi) is 3.82. The van der Waals surface area contributed by atoms with Crippen molar-refractivity contribution < 1.29 is 9.53 Å². The van der Waals surface area contributed by atoms with Crippen LogP contribution < -0.4 is 9.64 Å². The van der Waals surface area contributed by atoms with E-state index in [0.717, 1.165) is 36.5 Å². The van der Waals surface area contributed by atoms with E-state index in [1.165, 1.54) is 0 Å². The summed E-state index contributed by atoms with van der Waals surface area (Å²) in [5.74, 6) is 0.774. The third-order valence-electron chi connectivity index (χ3n) is 4.52. The Bertz CT molecular complexity index is 782. The number of methoxy groups -OCH3 is 1. The topological polar surface area (TPSA) is 36.0 Å². The Balaban J connectivity index is 1.85. The highest BCUT2D eigenvalue weighted by atomic mass is 35.5. The van der Waals surface area contributed by atoms with Gasteiger partial charge >= 0.3 is 6.03 Å². The van der Waals surface area contributed by atoms with Crippen molar-refractivity contribution in [2.75, 3.05) is 25.1 Å². The predicted molar refractivity (Wildman–Crippen MR) is 93.1 cm³/mol. The number of rotatable bonds is 3. The Morgan fingerprint density at radius 3 is 2.75 bits per heavy atom. The molecule has 0 aliphatic carbocycles. The van der Waals surface area contributed by atoms with Crippen LogP contribution in [0.25, 0.3) is 0 Å². The van der Waals surface area contributed by atoms with E-state index in [1.54, 1.807) is 12.0 Å². The Labute approximate surface area is 145 Å². The maximum absolute atomic E-state index is 13.0. The summed E-state index contributed by atoms with van der Waals surface area (Å²) in [6.07, 6.45) is 0.746. The molecule has 1 unspecified atom stereocenters. The predicted octanol–water partition coefficient (Wildman–Crippen LogP) is 3.91. The van der Waals surface area contributed by atoms with Gasteiger partial charge in [0, 0.05) is 29.4 Å². The van der Waals surface area contributed by atoms with Gasteiger partial charge in [0.1, 0.15) is 11.9 Å². The van der Waals surface area contributed by atoms with Crippen molar-refractivity contribution in [3.63, 3.8) is 0 Å². The van der Waals surface area contributed by atoms with Crippen molar-refractivity contribution in [3.8, 4) is 5.75 Å². The number of fused-ring (bicyclic) bond motifs is 1. The van der Waals surface area contributed by atoms with Crippen LogP contribution in [-0.2, 0) is 0 Å². The lowest BCUT2D eigenvalue weighted by Crippen LogP contribution is -2.32. The van der Waals surface area contributed by atoms with Crippen molar-refractivity contribution in [1.29, 1.82) is 0 Å². The summed E-state index contributed by atoms with van der Waals surface area (Å²) < 4.78 is 5.54. The SMILES string of the molecule is COc1ccccc1C1N(c2cccc(Cl)c2)C(=O)N2CCCN12. The number of hydrogen-bond donors (Lipinski definition) is 0. The van der Waals surface area contributed by atoms with Crippen molar-refractivity contribution in [3.05, 3.63) is 59.1 Å². The molecule has 2 aliphatic rings. The van der Waals surface area contributed by atoms with Crippen LogP contribution in [0.3, 0.4) is 0 Å². The molecule has 2 aromatic rings. The normalized spacial score (nSPS) is 20.6. The third-order valence-corrected chi connectivity index (χ3v) is 4.76. The van der Waals surface area contributed by atoms with E-state index in [9.17, 15) is 4.79 Å². The van der Waals surface area contributed by atoms with E-state index in [0.29, 0.717) is 5.02 Å². The summed E-state index contributed by atoms with van der Waals surface area (Å²) in [4.78, 5) is 14.8. The molecule has 2 heterocycles. The van der Waals surface area contributed by atoms with Gasteiger partial charge < -0.3 is 4.74 Å². The third kappa shape index (κ3) is 2.32. The number of nitrogens with zero attached hydrogens (tertiary/aromatic N) is 3. The van der Waals surface area contributed by atoms with Crippen LogP contribution in [0.4, 0.5) is 10.5 Å². The van der Waals surface area contributed by atoms with E-state index in [1.807, 2.05) is 53.5 Å². The van der Waals surface area contributed by atoms with Gasteiger partial charge in [-0.2, -0.15) is 5.01 Å². The standard InChI is InChI=1S/C18H18ClN3O2/c1-24-16-9-3-2-8-15(16)17-20-10-5-11-21(20)18(23)22(17)14-7-4-6-13(19)12-14/h2-4,6-9,12,17H,5,10-11H2,1H3. The number of urea groups is 1. The molecular formula is C18H18ClN3O2. The average Bonchev–Trinajstić information content (AvgIpc) is 3.17. The molecule has 2 aliphatic heterocycles. The minimum absolute atomic E-state index is 0.0225. The summed E-state index contributed by atoms with van der Waals surface area (Å²) in [6.45, 7) is 1.58. The summed E-state index contributed by atoms with van der Waals surface area (Å²) in [7, 11) is 1.65. The van der Waals surface area contributed by atoms with Crippen LogP contribution in [0.15, 0.2) is 48.5 Å². The highest BCUT2D eigenvalue weighted by molar-refractivity contribution is 6.30. The molecule has 124 valence electrons. The van der Waals surface area contributed by atoms with Gasteiger partial charge in [0.05, 0.1) is 7.11 Å². The zero-order chi connectivity index (χ0) is 16.7. The number of hydrazine groups is 1. The molecule has 24 heavy (non-hydrogen) atoms. The average molecular weight is 344 g/mol. The first-order valence-corrected chi connectivity index (χ1v) is 8.34. The van der Waals surface area contributed by atoms with Crippen molar-refractivity contribution in [2.24, 2.45) is 0 Å². The van der Waals surface area contributed by atoms with E-state index in [-0.39, 0.29) is 12.2 Å². The number of carbonyl (C=O) groups is 1. The first-order valence-electron chi connectivity index (χ1n) is 7.96. The largest absolute Gasteiger partial charge is 0.496 e. The highest BCUT2D eigenvalue weighted by Crippen LogP contribution is 2.43. The number of ether oxygens (including phenoxy) is 1. The summed E-state index contributed by atoms with van der Waals surface area (Å²) >= 11 is 6.15. The quantitative estimate of drug-likeness (QED) is 0.847. The Morgan fingerprint density at radius 1 is 1.12 bits per heavy atom. The van der Waals surface area contributed by atoms with Gasteiger partial charge in [0.15, 0.2) is 0 Å². The van der Waals surface area contributed by atoms with E-state index in [2.05, 4.69) is 5.01 Å². The van der Waals surface area contributed by atoms with Gasteiger partial charge in [-0.3, -0.25) is 9.91 Å². The molecular weight excluding hydrogens is 326 g/mol. The lowest BCUT2D eigenvalue weighted by Gasteiger charge is -2.29. The van der Waals surface area contributed by atoms with E-state index >= 15 is 0 Å². The summed E-state index contributed by atoms with van der Waals surface area (Å²) in [5, 5.41) is 4.54. The van der Waals surface area contributed by atoms with Crippen LogP contribution >= 0.6 is 11.6 Å². The fourth-order valence-electron chi connectivity index (χ4n) is 3.51. The number of anilines is 1. The second kappa shape index (κ2) is 6.00. The van der Waals surface area contributed by atoms with Crippen LogP contribution in [0.2, 0.25) is 5.02 Å². The summed E-state index contributed by atoms with van der Waals surface area (Å²) in [6, 6.07) is 15.2. The fourth-order valence-corrected chi connectivity index (χ4v) is 3.70. The Hall–Kier alpha value is -2.24. The lowest BCUT2D eigenvalue weighted by atomic mass is 10.1. The molecule has 2 saturated heterocycles. The minimum atomic E-state index is -0.227. The lowest BCUT2D eigenvalue weighted by molar-refractivity contribution is 0.0718. The van der Waals surface area contributed by atoms with E-state index in [4.69, 9.17) is 16.3 Å². The first-order chi connectivity index (χ1) is 11.7. The fraction of sp³-hybridized carbons (Fsp3) is 0.278. The maximum atomic E-state index is 13.0. The molecule has 0 aromatic heterocycles. The van der Waals surface area contributed by atoms with Crippen molar-refractivity contribution in [1.82, 2.24) is 10.0 Å². The second-order valence-electron chi connectivity index (χ2n) is 5.89. The molecule has 0 radical (unpaired) electrons. The maximum Gasteiger partial charge on any atom is 0.340 e. The summed E-state index contributed by atoms with van der Waals surface area (Å²) in [5.41, 5.74) is 1.76. The molecule has 6 heteroatoms. The highest BCUT2D eigenvalue weighted by Gasteiger charge is 2.48. The van der Waals surface area contributed by atoms with Crippen molar-refractivity contribution >= 4 is 23.3 Å². The molecule has 0 spiro atoms. The van der Waals surface area contributed by atoms with Crippen LogP contribution in [0, 0.1) is 0 Å². The number of carbonyl (C=O) groups excluding carboxylic acids is 1. The molecule has 0 saturated carbocycles. The zero-order valence-electron chi connectivity index (χ0n) is 13.4. The van der Waals surface area contributed by atoms with Crippen molar-refractivity contribution in [2.45, 2.75) is 12.6 Å². The van der Waals surface area contributed by atoms with Crippen LogP contribution in [0.1, 0.15) is 18.2 Å². The molecule has 2 fully saturated rings. The van der Waals surface area contributed by atoms with Gasteiger partial charge in [-0.15, -0.1) is 0 Å². The second-order valence-corrected chi connectivity index (χ2v) is 6.32. The molecule has 2 aromatic carbocycles. The minimum Gasteiger partial charge on any atom is -0.496 e. The first kappa shape index (κ1) is 15.3. The monoisotopic (exact) mass is 343 g/mol. The van der Waals surface area contributed by atoms with Gasteiger partial charge in [-0.05, 0) is 30.7 Å². The molecule has 4 rings (SSSR count). The molecule has 1 atom stereocenters. The number of para-hydroxylation sites is 1. The molecule has 2 amide bonds. The van der Waals surface area contributed by atoms with Gasteiger partial charge in [-0.1, -0.05) is 35.9 Å². The number of halogens is 1. The van der Waals surface area contributed by atoms with E-state index < -0.39 is 0 Å². The number of amides is 2. The molecule has 0 N–H and O–H groups in total. The van der Waals surface area contributed by atoms with Gasteiger partial charge in [0.2, 0.25) is 0 Å². The Morgan fingerprint density at radius 2 is 1.96 bits per heavy atom. The van der Waals surface area contributed by atoms with Crippen LogP contribution in [0.5, 0.6) is 5.75 Å². The number of benzene rings is 2. The number of hydrogen-bond acceptors (Lipinski definition) is 3. The molecule has 5 nitrogen and oxygen atoms in total. The zero-order valence-corrected chi connectivity index (χ0v) is 14.1. The molecule has 0 bridgehead atoms. The van der Waals surface area contributed by atoms with Gasteiger partial charge in [-0.25, -0.2) is 4.79 Å². The smallest absolute Gasteiger partial charge is 0.340 e. The van der Waals surface area contributed by atoms with Gasteiger partial charge in [0.25, 0.3) is 0 Å².